The van der Waals surface area contributed by atoms with Gasteiger partial charge in [0.25, 0.3) is 0 Å². The topological polar surface area (TPSA) is 71.0 Å². The van der Waals surface area contributed by atoms with Gasteiger partial charge in [0.05, 0.1) is 22.7 Å². The first-order valence-electron chi connectivity index (χ1n) is 9.33. The van der Waals surface area contributed by atoms with E-state index in [0.29, 0.717) is 26.2 Å². The lowest BCUT2D eigenvalue weighted by Crippen LogP contribution is -2.57. The van der Waals surface area contributed by atoms with Gasteiger partial charge in [0.1, 0.15) is 0 Å². The summed E-state index contributed by atoms with van der Waals surface area (Å²) in [6.45, 7) is 11.8. The summed E-state index contributed by atoms with van der Waals surface area (Å²) in [4.78, 5) is 6.36. The first-order valence-corrected chi connectivity index (χ1v) is 11.0. The van der Waals surface area contributed by atoms with Crippen molar-refractivity contribution >= 4 is 15.8 Å². The maximum atomic E-state index is 12.2. The van der Waals surface area contributed by atoms with Crippen LogP contribution in [0.5, 0.6) is 0 Å². The molecule has 0 bridgehead atoms. The molecule has 0 atom stereocenters. The second-order valence-electron chi connectivity index (χ2n) is 8.62. The Balaban J connectivity index is 1.99. The van der Waals surface area contributed by atoms with Crippen LogP contribution in [-0.4, -0.2) is 55.5 Å². The van der Waals surface area contributed by atoms with Gasteiger partial charge in [-0.3, -0.25) is 4.99 Å². The fraction of sp³-hybridized carbons (Fsp3) is 0.650. The van der Waals surface area contributed by atoms with Crippen molar-refractivity contribution in [2.45, 2.75) is 58.1 Å². The fourth-order valence-electron chi connectivity index (χ4n) is 2.97. The van der Waals surface area contributed by atoms with Crippen molar-refractivity contribution in [1.29, 1.82) is 0 Å². The van der Waals surface area contributed by atoms with E-state index in [1.54, 1.807) is 20.9 Å². The third-order valence-corrected chi connectivity index (χ3v) is 7.20. The number of ether oxygens (including phenoxy) is 1. The van der Waals surface area contributed by atoms with E-state index in [2.05, 4.69) is 28.5 Å². The molecule has 0 radical (unpaired) electrons. The molecule has 0 aromatic heterocycles. The van der Waals surface area contributed by atoms with Crippen LogP contribution in [0.15, 0.2) is 29.3 Å². The molecule has 7 heteroatoms. The summed E-state index contributed by atoms with van der Waals surface area (Å²) in [6.07, 6.45) is 0. The SMILES string of the molecule is CN=C(NCc1cccc(COC(C)(C)C)c1)N1CCS(=O)(=O)C(C)(C)C1. The zero-order valence-electron chi connectivity index (χ0n) is 17.4. The lowest BCUT2D eigenvalue weighted by molar-refractivity contribution is -0.0149. The summed E-state index contributed by atoms with van der Waals surface area (Å²) in [5.41, 5.74) is 2.09. The maximum absolute atomic E-state index is 12.2. The molecule has 0 saturated carbocycles. The van der Waals surface area contributed by atoms with E-state index in [1.165, 1.54) is 0 Å². The third-order valence-electron chi connectivity index (χ3n) is 4.67. The zero-order chi connectivity index (χ0) is 20.3. The number of rotatable bonds is 4. The summed E-state index contributed by atoms with van der Waals surface area (Å²) in [5, 5.41) is 3.36. The second-order valence-corrected chi connectivity index (χ2v) is 11.4. The Hall–Kier alpha value is -1.60. The van der Waals surface area contributed by atoms with Gasteiger partial charge in [0, 0.05) is 26.7 Å². The first-order chi connectivity index (χ1) is 12.4. The highest BCUT2D eigenvalue weighted by atomic mass is 32.2. The molecule has 6 nitrogen and oxygen atoms in total. The summed E-state index contributed by atoms with van der Waals surface area (Å²) in [7, 11) is -1.34. The molecule has 2 rings (SSSR count). The largest absolute Gasteiger partial charge is 0.371 e. The van der Waals surface area contributed by atoms with Gasteiger partial charge < -0.3 is 15.0 Å². The number of sulfone groups is 1. The minimum absolute atomic E-state index is 0.153. The van der Waals surface area contributed by atoms with Crippen LogP contribution in [0.25, 0.3) is 0 Å². The summed E-state index contributed by atoms with van der Waals surface area (Å²) >= 11 is 0. The molecule has 1 N–H and O–H groups in total. The second kappa shape index (κ2) is 8.19. The standard InChI is InChI=1S/C20H33N3O3S/c1-19(2,3)26-14-17-9-7-8-16(12-17)13-22-18(21-6)23-10-11-27(24,25)20(4,5)15-23/h7-9,12H,10-11,13-15H2,1-6H3,(H,21,22). The zero-order valence-corrected chi connectivity index (χ0v) is 18.2. The quantitative estimate of drug-likeness (QED) is 0.627. The van der Waals surface area contributed by atoms with Crippen molar-refractivity contribution in [1.82, 2.24) is 10.2 Å². The van der Waals surface area contributed by atoms with Crippen molar-refractivity contribution < 1.29 is 13.2 Å². The number of guanidine groups is 1. The van der Waals surface area contributed by atoms with Gasteiger partial charge in [0.15, 0.2) is 15.8 Å². The van der Waals surface area contributed by atoms with Crippen LogP contribution >= 0.6 is 0 Å². The monoisotopic (exact) mass is 395 g/mol. The Labute approximate surface area is 163 Å². The van der Waals surface area contributed by atoms with E-state index in [9.17, 15) is 8.42 Å². The number of benzene rings is 1. The first kappa shape index (κ1) is 21.7. The van der Waals surface area contributed by atoms with E-state index in [1.807, 2.05) is 31.7 Å². The number of aliphatic imine (C=N–C) groups is 1. The molecule has 1 aromatic rings. The van der Waals surface area contributed by atoms with Gasteiger partial charge in [-0.25, -0.2) is 8.42 Å². The Morgan fingerprint density at radius 3 is 2.56 bits per heavy atom. The predicted octanol–water partition coefficient (Wildman–Crippen LogP) is 2.59. The Morgan fingerprint density at radius 2 is 1.96 bits per heavy atom. The molecule has 27 heavy (non-hydrogen) atoms. The highest BCUT2D eigenvalue weighted by molar-refractivity contribution is 7.92. The lowest BCUT2D eigenvalue weighted by atomic mass is 10.1. The predicted molar refractivity (Wildman–Crippen MR) is 111 cm³/mol. The number of hydrogen-bond acceptors (Lipinski definition) is 4. The summed E-state index contributed by atoms with van der Waals surface area (Å²) in [6, 6.07) is 8.27. The van der Waals surface area contributed by atoms with E-state index >= 15 is 0 Å². The van der Waals surface area contributed by atoms with Crippen molar-refractivity contribution in [3.05, 3.63) is 35.4 Å². The molecule has 0 spiro atoms. The molecule has 1 aromatic carbocycles. The van der Waals surface area contributed by atoms with Crippen LogP contribution in [0.2, 0.25) is 0 Å². The highest BCUT2D eigenvalue weighted by Gasteiger charge is 2.40. The van der Waals surface area contributed by atoms with Gasteiger partial charge >= 0.3 is 0 Å². The Kier molecular flexibility index (Phi) is 6.58. The van der Waals surface area contributed by atoms with Crippen molar-refractivity contribution in [2.24, 2.45) is 4.99 Å². The molecule has 0 unspecified atom stereocenters. The van der Waals surface area contributed by atoms with Crippen LogP contribution in [0.4, 0.5) is 0 Å². The van der Waals surface area contributed by atoms with Crippen LogP contribution < -0.4 is 5.32 Å². The molecule has 152 valence electrons. The van der Waals surface area contributed by atoms with E-state index < -0.39 is 14.6 Å². The minimum atomic E-state index is -3.07. The summed E-state index contributed by atoms with van der Waals surface area (Å²) < 4.78 is 29.5. The smallest absolute Gasteiger partial charge is 0.193 e. The Morgan fingerprint density at radius 1 is 1.30 bits per heavy atom. The lowest BCUT2D eigenvalue weighted by Gasteiger charge is -2.39. The summed E-state index contributed by atoms with van der Waals surface area (Å²) in [5.74, 6) is 0.884. The van der Waals surface area contributed by atoms with Gasteiger partial charge in [-0.1, -0.05) is 24.3 Å². The third kappa shape index (κ3) is 5.94. The van der Waals surface area contributed by atoms with Gasteiger partial charge in [-0.2, -0.15) is 0 Å². The molecule has 1 heterocycles. The molecule has 1 fully saturated rings. The molecular weight excluding hydrogens is 362 g/mol. The van der Waals surface area contributed by atoms with Crippen LogP contribution in [0, 0.1) is 0 Å². The van der Waals surface area contributed by atoms with E-state index in [0.717, 1.165) is 17.1 Å². The van der Waals surface area contributed by atoms with Gasteiger partial charge in [-0.15, -0.1) is 0 Å². The van der Waals surface area contributed by atoms with Crippen LogP contribution in [0.1, 0.15) is 45.7 Å². The number of nitrogens with one attached hydrogen (secondary N) is 1. The molecule has 1 aliphatic heterocycles. The van der Waals surface area contributed by atoms with Crippen molar-refractivity contribution in [3.63, 3.8) is 0 Å². The molecule has 1 aliphatic rings. The molecule has 1 saturated heterocycles. The minimum Gasteiger partial charge on any atom is -0.371 e. The van der Waals surface area contributed by atoms with E-state index in [4.69, 9.17) is 4.74 Å². The molecule has 0 aliphatic carbocycles. The Bertz CT molecular complexity index is 780. The van der Waals surface area contributed by atoms with Crippen LogP contribution in [0.3, 0.4) is 0 Å². The van der Waals surface area contributed by atoms with Crippen molar-refractivity contribution in [3.8, 4) is 0 Å². The highest BCUT2D eigenvalue weighted by Crippen LogP contribution is 2.23. The average Bonchev–Trinajstić information content (AvgIpc) is 2.56. The normalized spacial score (nSPS) is 19.8. The number of nitrogens with zero attached hydrogens (tertiary/aromatic N) is 2. The van der Waals surface area contributed by atoms with E-state index in [-0.39, 0.29) is 11.4 Å². The average molecular weight is 396 g/mol. The van der Waals surface area contributed by atoms with Gasteiger partial charge in [-0.05, 0) is 45.7 Å². The van der Waals surface area contributed by atoms with Crippen molar-refractivity contribution in [2.75, 3.05) is 25.9 Å². The van der Waals surface area contributed by atoms with Gasteiger partial charge in [0.2, 0.25) is 0 Å². The van der Waals surface area contributed by atoms with Crippen LogP contribution in [-0.2, 0) is 27.7 Å². The fourth-order valence-corrected chi connectivity index (χ4v) is 4.33. The molecule has 0 amide bonds. The number of hydrogen-bond donors (Lipinski definition) is 1. The maximum Gasteiger partial charge on any atom is 0.193 e. The molecular formula is C20H33N3O3S.